The molecular formula is C12H19BrN4O9P2. The maximum atomic E-state index is 11.8. The Bertz CT molecular complexity index is 952. The third-order valence-electron chi connectivity index (χ3n) is 3.43. The molecule has 0 fully saturated rings. The number of imidazole rings is 1. The lowest BCUT2D eigenvalue weighted by Gasteiger charge is -2.19. The number of nitrogens with one attached hydrogen (secondary N) is 1. The Hall–Kier alpha value is -0.950. The second-order valence-electron chi connectivity index (χ2n) is 5.89. The normalized spacial score (nSPS) is 13.9. The van der Waals surface area contributed by atoms with Crippen molar-refractivity contribution < 1.29 is 38.2 Å². The first-order chi connectivity index (χ1) is 13.0. The molecule has 13 nitrogen and oxygen atoms in total. The van der Waals surface area contributed by atoms with E-state index in [0.29, 0.717) is 4.73 Å². The van der Waals surface area contributed by atoms with Crippen LogP contribution >= 0.6 is 31.1 Å². The van der Waals surface area contributed by atoms with Gasteiger partial charge in [-0.1, -0.05) is 0 Å². The van der Waals surface area contributed by atoms with Crippen LogP contribution in [0.4, 0.5) is 0 Å². The molecule has 0 spiro atoms. The largest absolute Gasteiger partial charge is 0.380 e. The molecule has 1 atom stereocenters. The van der Waals surface area contributed by atoms with E-state index in [-0.39, 0.29) is 37.5 Å². The third kappa shape index (κ3) is 7.47. The van der Waals surface area contributed by atoms with E-state index in [1.165, 1.54) is 6.33 Å². The van der Waals surface area contributed by atoms with Crippen LogP contribution < -0.4 is 5.56 Å². The van der Waals surface area contributed by atoms with Crippen LogP contribution in [0.3, 0.4) is 0 Å². The summed E-state index contributed by atoms with van der Waals surface area (Å²) in [5.74, 6) is -0.474. The second kappa shape index (κ2) is 9.70. The summed E-state index contributed by atoms with van der Waals surface area (Å²) in [6.07, 6.45) is -0.0292. The zero-order valence-corrected chi connectivity index (χ0v) is 17.7. The number of fused-ring (bicyclic) bond motifs is 1. The lowest BCUT2D eigenvalue weighted by atomic mass is 10.2. The number of ether oxygens (including phenoxy) is 2. The lowest BCUT2D eigenvalue weighted by Crippen LogP contribution is -2.23. The van der Waals surface area contributed by atoms with Crippen molar-refractivity contribution in [3.05, 3.63) is 21.4 Å². The molecule has 0 aromatic carbocycles. The molecule has 0 bridgehead atoms. The quantitative estimate of drug-likeness (QED) is 0.155. The Balaban J connectivity index is 2.11. The highest BCUT2D eigenvalue weighted by atomic mass is 79.9. The van der Waals surface area contributed by atoms with Gasteiger partial charge in [0, 0.05) is 12.5 Å². The van der Waals surface area contributed by atoms with Gasteiger partial charge in [0.15, 0.2) is 15.9 Å². The molecule has 2 aromatic heterocycles. The Labute approximate surface area is 166 Å². The first kappa shape index (κ1) is 23.3. The van der Waals surface area contributed by atoms with E-state index in [4.69, 9.17) is 29.0 Å². The fourth-order valence-corrected chi connectivity index (χ4v) is 3.47. The Morgan fingerprint density at radius 1 is 1.18 bits per heavy atom. The number of nitrogens with zero attached hydrogens (tertiary/aromatic N) is 3. The molecule has 0 aliphatic carbocycles. The summed E-state index contributed by atoms with van der Waals surface area (Å²) in [6.45, 7) is -0.180. The number of hydrogen-bond donors (Lipinski definition) is 5. The molecule has 158 valence electrons. The first-order valence-electron chi connectivity index (χ1n) is 7.80. The van der Waals surface area contributed by atoms with Crippen molar-refractivity contribution in [1.29, 1.82) is 0 Å². The molecule has 1 unspecified atom stereocenters. The van der Waals surface area contributed by atoms with E-state index in [2.05, 4.69) is 30.9 Å². The fraction of sp³-hybridized carbons (Fsp3) is 0.583. The van der Waals surface area contributed by atoms with Crippen LogP contribution in [0.15, 0.2) is 15.9 Å². The van der Waals surface area contributed by atoms with Crippen molar-refractivity contribution in [3.8, 4) is 0 Å². The predicted molar refractivity (Wildman–Crippen MR) is 99.9 cm³/mol. The highest BCUT2D eigenvalue weighted by Gasteiger charge is 2.21. The van der Waals surface area contributed by atoms with Crippen molar-refractivity contribution in [2.75, 3.05) is 32.3 Å². The lowest BCUT2D eigenvalue weighted by molar-refractivity contribution is 0.0465. The number of H-pyrrole nitrogens is 1. The van der Waals surface area contributed by atoms with E-state index in [1.54, 1.807) is 4.57 Å². The van der Waals surface area contributed by atoms with Crippen LogP contribution in [0, 0.1) is 5.92 Å². The minimum atomic E-state index is -4.35. The van der Waals surface area contributed by atoms with Gasteiger partial charge in [-0.3, -0.25) is 13.9 Å². The third-order valence-corrected chi connectivity index (χ3v) is 5.32. The van der Waals surface area contributed by atoms with E-state index in [9.17, 15) is 13.9 Å². The SMILES string of the molecule is O=c1[nH]cnc2c1nc(Br)n2CC(COCCP(=O)(O)O)COCP(=O)(O)O. The summed E-state index contributed by atoms with van der Waals surface area (Å²) in [6, 6.07) is 0. The second-order valence-corrected chi connectivity index (χ2v) is 9.96. The smallest absolute Gasteiger partial charge is 0.350 e. The maximum Gasteiger partial charge on any atom is 0.350 e. The van der Waals surface area contributed by atoms with Crippen molar-refractivity contribution in [3.63, 3.8) is 0 Å². The highest BCUT2D eigenvalue weighted by Crippen LogP contribution is 2.34. The van der Waals surface area contributed by atoms with Crippen LogP contribution in [0.25, 0.3) is 11.2 Å². The molecule has 0 radical (unpaired) electrons. The first-order valence-corrected chi connectivity index (χ1v) is 12.2. The standard InChI is InChI=1S/C12H19BrN4O9P2/c13-12-16-9-10(14-6-15-11(9)18)17(12)3-8(5-26-7-28(22,23)24)4-25-1-2-27(19,20)21/h6,8H,1-5,7H2,(H,14,15,18)(H2,19,20,21)(H2,22,23,24). The minimum absolute atomic E-state index is 0.0174. The Morgan fingerprint density at radius 3 is 2.50 bits per heavy atom. The van der Waals surface area contributed by atoms with Crippen LogP contribution in [0.1, 0.15) is 0 Å². The molecule has 5 N–H and O–H groups in total. The summed E-state index contributed by atoms with van der Waals surface area (Å²) in [5, 5.41) is 0. The van der Waals surface area contributed by atoms with E-state index in [1.807, 2.05) is 0 Å². The van der Waals surface area contributed by atoms with Gasteiger partial charge in [0.2, 0.25) is 0 Å². The molecule has 16 heteroatoms. The van der Waals surface area contributed by atoms with Crippen LogP contribution in [-0.4, -0.2) is 71.4 Å². The molecule has 2 rings (SSSR count). The Kier molecular flexibility index (Phi) is 8.08. The van der Waals surface area contributed by atoms with Gasteiger partial charge in [0.1, 0.15) is 6.35 Å². The van der Waals surface area contributed by atoms with Gasteiger partial charge in [0.25, 0.3) is 5.56 Å². The van der Waals surface area contributed by atoms with Crippen LogP contribution in [0.5, 0.6) is 0 Å². The summed E-state index contributed by atoms with van der Waals surface area (Å²) in [4.78, 5) is 57.9. The molecule has 2 aromatic rings. The number of halogens is 1. The monoisotopic (exact) mass is 504 g/mol. The number of hydrogen-bond acceptors (Lipinski definition) is 7. The van der Waals surface area contributed by atoms with Crippen molar-refractivity contribution >= 4 is 42.3 Å². The van der Waals surface area contributed by atoms with Crippen LogP contribution in [-0.2, 0) is 25.1 Å². The van der Waals surface area contributed by atoms with Gasteiger partial charge in [0.05, 0.1) is 32.3 Å². The molecule has 0 saturated carbocycles. The van der Waals surface area contributed by atoms with Crippen LogP contribution in [0.2, 0.25) is 0 Å². The van der Waals surface area contributed by atoms with Gasteiger partial charge in [-0.05, 0) is 15.9 Å². The van der Waals surface area contributed by atoms with Crippen molar-refractivity contribution in [2.45, 2.75) is 6.54 Å². The van der Waals surface area contributed by atoms with Crippen molar-refractivity contribution in [2.24, 2.45) is 5.92 Å². The zero-order chi connectivity index (χ0) is 20.9. The van der Waals surface area contributed by atoms with E-state index >= 15 is 0 Å². The summed E-state index contributed by atoms with van der Waals surface area (Å²) >= 11 is 3.23. The summed E-state index contributed by atoms with van der Waals surface area (Å²) in [7, 11) is -8.56. The van der Waals surface area contributed by atoms with Gasteiger partial charge in [-0.2, -0.15) is 0 Å². The molecule has 0 aliphatic heterocycles. The fourth-order valence-electron chi connectivity index (χ4n) is 2.27. The average Bonchev–Trinajstić information content (AvgIpc) is 2.87. The summed E-state index contributed by atoms with van der Waals surface area (Å²) < 4.78 is 34.0. The molecule has 0 saturated heterocycles. The van der Waals surface area contributed by atoms with E-state index in [0.717, 1.165) is 0 Å². The minimum Gasteiger partial charge on any atom is -0.380 e. The number of aromatic nitrogens is 4. The number of rotatable bonds is 11. The predicted octanol–water partition coefficient (Wildman–Crippen LogP) is -0.156. The van der Waals surface area contributed by atoms with Crippen molar-refractivity contribution in [1.82, 2.24) is 19.5 Å². The average molecular weight is 505 g/mol. The molecule has 0 amide bonds. The maximum absolute atomic E-state index is 11.8. The molecular weight excluding hydrogens is 486 g/mol. The van der Waals surface area contributed by atoms with Gasteiger partial charge in [-0.15, -0.1) is 0 Å². The highest BCUT2D eigenvalue weighted by molar-refractivity contribution is 9.10. The van der Waals surface area contributed by atoms with E-state index < -0.39 is 39.2 Å². The zero-order valence-electron chi connectivity index (χ0n) is 14.3. The number of aromatic amines is 1. The van der Waals surface area contributed by atoms with Gasteiger partial charge in [-0.25, -0.2) is 9.97 Å². The van der Waals surface area contributed by atoms with Gasteiger partial charge >= 0.3 is 15.2 Å². The Morgan fingerprint density at radius 2 is 1.86 bits per heavy atom. The molecule has 0 aliphatic rings. The molecule has 2 heterocycles. The molecule has 28 heavy (non-hydrogen) atoms. The summed E-state index contributed by atoms with van der Waals surface area (Å²) in [5.41, 5.74) is -0.0471. The topological polar surface area (TPSA) is 197 Å². The van der Waals surface area contributed by atoms with Gasteiger partial charge < -0.3 is 38.6 Å².